The molecule has 0 atom stereocenters. The fourth-order valence-electron chi connectivity index (χ4n) is 3.56. The summed E-state index contributed by atoms with van der Waals surface area (Å²) in [4.78, 5) is 7.47. The molecule has 0 saturated heterocycles. The number of nitrogens with one attached hydrogen (secondary N) is 1. The number of hydrogen-bond acceptors (Lipinski definition) is 5. The molecule has 0 bridgehead atoms. The van der Waals surface area contributed by atoms with Crippen molar-refractivity contribution >= 4 is 36.5 Å². The van der Waals surface area contributed by atoms with E-state index in [1.807, 2.05) is 24.4 Å². The molecule has 9 heteroatoms. The topological polar surface area (TPSA) is 100 Å². The molecular formula is C20H21N3O4S2. The number of H-pyrrole nitrogens is 1. The second-order valence-electron chi connectivity index (χ2n) is 7.14. The average Bonchev–Trinajstić information content (AvgIpc) is 3.11. The van der Waals surface area contributed by atoms with Gasteiger partial charge in [-0.1, -0.05) is 12.1 Å². The molecule has 7 nitrogen and oxygen atoms in total. The molecule has 1 aromatic carbocycles. The van der Waals surface area contributed by atoms with Crippen LogP contribution in [0.2, 0.25) is 0 Å². The monoisotopic (exact) mass is 431 g/mol. The van der Waals surface area contributed by atoms with Crippen LogP contribution in [-0.4, -0.2) is 50.5 Å². The Morgan fingerprint density at radius 2 is 1.93 bits per heavy atom. The van der Waals surface area contributed by atoms with Gasteiger partial charge in [0.15, 0.2) is 9.84 Å². The van der Waals surface area contributed by atoms with Gasteiger partial charge in [-0.15, -0.1) is 0 Å². The first-order chi connectivity index (χ1) is 13.7. The summed E-state index contributed by atoms with van der Waals surface area (Å²) in [5, 5.41) is 1.01. The second-order valence-corrected chi connectivity index (χ2v) is 11.1. The molecule has 3 aromatic rings. The number of rotatable bonds is 4. The average molecular weight is 432 g/mol. The van der Waals surface area contributed by atoms with Crippen molar-refractivity contribution in [2.45, 2.75) is 23.1 Å². The number of nitrogens with zero attached hydrogens (tertiary/aromatic N) is 2. The lowest BCUT2D eigenvalue weighted by Crippen LogP contribution is -2.35. The Morgan fingerprint density at radius 3 is 2.62 bits per heavy atom. The molecule has 0 saturated carbocycles. The van der Waals surface area contributed by atoms with Crippen molar-refractivity contribution in [2.24, 2.45) is 0 Å². The van der Waals surface area contributed by atoms with Crippen LogP contribution in [0.1, 0.15) is 17.5 Å². The summed E-state index contributed by atoms with van der Waals surface area (Å²) in [6.07, 6.45) is 7.16. The molecule has 1 aliphatic heterocycles. The maximum atomic E-state index is 13.2. The van der Waals surface area contributed by atoms with Gasteiger partial charge < -0.3 is 4.98 Å². The Morgan fingerprint density at radius 1 is 1.14 bits per heavy atom. The maximum absolute atomic E-state index is 13.2. The van der Waals surface area contributed by atoms with Gasteiger partial charge in [0, 0.05) is 42.7 Å². The molecule has 3 heterocycles. The van der Waals surface area contributed by atoms with Crippen LogP contribution < -0.4 is 0 Å². The molecule has 1 N–H and O–H groups in total. The number of aromatic amines is 1. The summed E-state index contributed by atoms with van der Waals surface area (Å²) in [5.41, 5.74) is 3.42. The number of pyridine rings is 1. The smallest absolute Gasteiger partial charge is 0.243 e. The Bertz CT molecular complexity index is 1340. The van der Waals surface area contributed by atoms with E-state index in [9.17, 15) is 16.8 Å². The minimum atomic E-state index is -3.81. The summed E-state index contributed by atoms with van der Waals surface area (Å²) in [6.45, 7) is 2.22. The summed E-state index contributed by atoms with van der Waals surface area (Å²) < 4.78 is 51.5. The van der Waals surface area contributed by atoms with Crippen molar-refractivity contribution in [3.8, 4) is 0 Å². The van der Waals surface area contributed by atoms with Gasteiger partial charge in [0.1, 0.15) is 5.65 Å². The third-order valence-corrected chi connectivity index (χ3v) is 8.29. The molecule has 152 valence electrons. The Kier molecular flexibility index (Phi) is 4.84. The third-order valence-electron chi connectivity index (χ3n) is 5.17. The molecule has 0 fully saturated rings. The number of fused-ring (bicyclic) bond motifs is 1. The van der Waals surface area contributed by atoms with E-state index < -0.39 is 19.9 Å². The van der Waals surface area contributed by atoms with Crippen molar-refractivity contribution in [3.05, 3.63) is 59.9 Å². The largest absolute Gasteiger partial charge is 0.346 e. The molecule has 0 unspecified atom stereocenters. The summed E-state index contributed by atoms with van der Waals surface area (Å²) in [6, 6.07) is 8.08. The second kappa shape index (κ2) is 7.08. The van der Waals surface area contributed by atoms with Crippen LogP contribution in [0.25, 0.3) is 16.6 Å². The van der Waals surface area contributed by atoms with Gasteiger partial charge in [-0.05, 0) is 48.7 Å². The highest BCUT2D eigenvalue weighted by molar-refractivity contribution is 7.91. The van der Waals surface area contributed by atoms with Gasteiger partial charge in [0.05, 0.1) is 9.79 Å². The molecular weight excluding hydrogens is 410 g/mol. The number of hydrogen-bond donors (Lipinski definition) is 1. The Labute approximate surface area is 170 Å². The van der Waals surface area contributed by atoms with Crippen molar-refractivity contribution in [3.63, 3.8) is 0 Å². The number of sulfone groups is 1. The van der Waals surface area contributed by atoms with Gasteiger partial charge in [-0.2, -0.15) is 4.31 Å². The Hall–Kier alpha value is -2.49. The summed E-state index contributed by atoms with van der Waals surface area (Å²) >= 11 is 0. The van der Waals surface area contributed by atoms with Gasteiger partial charge in [0.2, 0.25) is 10.0 Å². The van der Waals surface area contributed by atoms with E-state index in [4.69, 9.17) is 0 Å². The minimum absolute atomic E-state index is 0.00112. The highest BCUT2D eigenvalue weighted by atomic mass is 32.2. The fraction of sp³-hybridized carbons (Fsp3) is 0.250. The van der Waals surface area contributed by atoms with Gasteiger partial charge in [-0.25, -0.2) is 21.8 Å². The highest BCUT2D eigenvalue weighted by Gasteiger charge is 2.29. The van der Waals surface area contributed by atoms with E-state index >= 15 is 0 Å². The number of aryl methyl sites for hydroxylation is 1. The highest BCUT2D eigenvalue weighted by Crippen LogP contribution is 2.31. The number of sulfonamides is 1. The van der Waals surface area contributed by atoms with Crippen LogP contribution in [0.5, 0.6) is 0 Å². The van der Waals surface area contributed by atoms with Crippen LogP contribution in [0.3, 0.4) is 0 Å². The third kappa shape index (κ3) is 3.61. The zero-order valence-electron chi connectivity index (χ0n) is 16.1. The van der Waals surface area contributed by atoms with E-state index in [-0.39, 0.29) is 16.3 Å². The minimum Gasteiger partial charge on any atom is -0.346 e. The molecule has 0 amide bonds. The predicted octanol–water partition coefficient (Wildman–Crippen LogP) is 2.75. The Balaban J connectivity index is 1.66. The zero-order chi connectivity index (χ0) is 20.8. The van der Waals surface area contributed by atoms with E-state index in [0.29, 0.717) is 18.5 Å². The fourth-order valence-corrected chi connectivity index (χ4v) is 5.92. The first-order valence-electron chi connectivity index (χ1n) is 9.10. The van der Waals surface area contributed by atoms with Gasteiger partial charge in [-0.3, -0.25) is 0 Å². The van der Waals surface area contributed by atoms with Crippen LogP contribution in [0.4, 0.5) is 0 Å². The molecule has 2 aromatic heterocycles. The molecule has 1 aliphatic rings. The van der Waals surface area contributed by atoms with E-state index in [2.05, 4.69) is 9.97 Å². The quantitative estimate of drug-likeness (QED) is 0.685. The number of benzene rings is 1. The van der Waals surface area contributed by atoms with Crippen LogP contribution in [0, 0.1) is 6.92 Å². The summed E-state index contributed by atoms with van der Waals surface area (Å²) in [7, 11) is -7.30. The zero-order valence-corrected chi connectivity index (χ0v) is 17.7. The van der Waals surface area contributed by atoms with E-state index in [0.717, 1.165) is 28.4 Å². The molecule has 29 heavy (non-hydrogen) atoms. The number of aromatic nitrogens is 2. The first kappa shape index (κ1) is 19.8. The molecule has 0 aliphatic carbocycles. The van der Waals surface area contributed by atoms with Crippen molar-refractivity contribution in [1.29, 1.82) is 0 Å². The first-order valence-corrected chi connectivity index (χ1v) is 12.4. The normalized spacial score (nSPS) is 16.1. The lowest BCUT2D eigenvalue weighted by Gasteiger charge is -2.26. The van der Waals surface area contributed by atoms with Crippen molar-refractivity contribution in [2.75, 3.05) is 19.3 Å². The lowest BCUT2D eigenvalue weighted by atomic mass is 10.0. The summed E-state index contributed by atoms with van der Waals surface area (Å²) in [5.74, 6) is 0. The van der Waals surface area contributed by atoms with Gasteiger partial charge >= 0.3 is 0 Å². The predicted molar refractivity (Wildman–Crippen MR) is 112 cm³/mol. The van der Waals surface area contributed by atoms with Crippen LogP contribution >= 0.6 is 0 Å². The van der Waals surface area contributed by atoms with E-state index in [1.54, 1.807) is 13.1 Å². The van der Waals surface area contributed by atoms with Crippen LogP contribution in [0.15, 0.2) is 58.6 Å². The van der Waals surface area contributed by atoms with Gasteiger partial charge in [0.25, 0.3) is 0 Å². The van der Waals surface area contributed by atoms with Crippen molar-refractivity contribution in [1.82, 2.24) is 14.3 Å². The van der Waals surface area contributed by atoms with Crippen molar-refractivity contribution < 1.29 is 16.8 Å². The maximum Gasteiger partial charge on any atom is 0.243 e. The lowest BCUT2D eigenvalue weighted by molar-refractivity contribution is 0.440. The van der Waals surface area contributed by atoms with Crippen LogP contribution in [-0.2, 0) is 19.9 Å². The molecule has 0 spiro atoms. The van der Waals surface area contributed by atoms with E-state index in [1.165, 1.54) is 22.5 Å². The molecule has 4 rings (SSSR count). The standard InChI is InChI=1S/C20H21N3O4S2/c1-14-5-6-16(28(2,24)25)12-19(14)29(26,27)23-10-7-15(8-11-23)18-13-22-20-17(18)4-3-9-21-20/h3-7,9,12-13H,8,10-11H2,1-2H3,(H,21,22). The molecule has 0 radical (unpaired) electrons. The SMILES string of the molecule is Cc1ccc(S(C)(=O)=O)cc1S(=O)(=O)N1CC=C(c2c[nH]c3ncccc23)CC1.